The van der Waals surface area contributed by atoms with E-state index in [4.69, 9.17) is 17.3 Å². The van der Waals surface area contributed by atoms with Crippen LogP contribution in [0.25, 0.3) is 0 Å². The molecule has 0 radical (unpaired) electrons. The Bertz CT molecular complexity index is 450. The number of halogens is 1. The molecule has 1 unspecified atom stereocenters. The zero-order chi connectivity index (χ0) is 11.8. The van der Waals surface area contributed by atoms with Crippen LogP contribution >= 0.6 is 22.9 Å². The van der Waals surface area contributed by atoms with Gasteiger partial charge in [-0.15, -0.1) is 11.3 Å². The summed E-state index contributed by atoms with van der Waals surface area (Å²) in [6.07, 6.45) is 3.78. The summed E-state index contributed by atoms with van der Waals surface area (Å²) in [6.45, 7) is 2.53. The number of nitrogens with two attached hydrogens (primary N) is 1. The van der Waals surface area contributed by atoms with Gasteiger partial charge in [0.1, 0.15) is 10.2 Å². The molecule has 0 bridgehead atoms. The second-order valence-electron chi connectivity index (χ2n) is 3.91. The topological polar surface area (TPSA) is 56.7 Å². The number of hydrogen-bond acceptors (Lipinski definition) is 4. The van der Waals surface area contributed by atoms with Gasteiger partial charge in [-0.3, -0.25) is 4.68 Å². The van der Waals surface area contributed by atoms with Gasteiger partial charge in [0.25, 0.3) is 0 Å². The molecule has 0 aliphatic heterocycles. The van der Waals surface area contributed by atoms with E-state index in [2.05, 4.69) is 17.0 Å². The van der Waals surface area contributed by atoms with Gasteiger partial charge >= 0.3 is 0 Å². The summed E-state index contributed by atoms with van der Waals surface area (Å²) in [5.41, 5.74) is 6.62. The zero-order valence-corrected chi connectivity index (χ0v) is 10.7. The fourth-order valence-corrected chi connectivity index (χ4v) is 2.68. The van der Waals surface area contributed by atoms with Gasteiger partial charge in [-0.2, -0.15) is 5.10 Å². The normalized spacial score (nSPS) is 15.0. The Hall–Kier alpha value is -0.910. The lowest BCUT2D eigenvalue weighted by molar-refractivity contribution is 0.579. The Kier molecular flexibility index (Phi) is 3.01. The minimum atomic E-state index is -0.313. The van der Waals surface area contributed by atoms with E-state index in [1.165, 1.54) is 11.3 Å². The van der Waals surface area contributed by atoms with Crippen LogP contribution < -0.4 is 5.73 Å². The highest BCUT2D eigenvalue weighted by Gasteiger charge is 2.31. The van der Waals surface area contributed by atoms with E-state index < -0.39 is 0 Å². The summed E-state index contributed by atoms with van der Waals surface area (Å²) in [7, 11) is 1.88. The van der Waals surface area contributed by atoms with Crippen molar-refractivity contribution in [2.75, 3.05) is 6.54 Å². The summed E-state index contributed by atoms with van der Waals surface area (Å²) in [5, 5.41) is 7.43. The molecule has 0 amide bonds. The van der Waals surface area contributed by atoms with E-state index >= 15 is 0 Å². The van der Waals surface area contributed by atoms with Gasteiger partial charge in [0.15, 0.2) is 0 Å². The second kappa shape index (κ2) is 4.16. The maximum absolute atomic E-state index is 5.88. The lowest BCUT2D eigenvalue weighted by Crippen LogP contribution is -2.32. The first-order valence-electron chi connectivity index (χ1n) is 4.87. The van der Waals surface area contributed by atoms with E-state index in [9.17, 15) is 0 Å². The largest absolute Gasteiger partial charge is 0.329 e. The van der Waals surface area contributed by atoms with Crippen LogP contribution in [0.4, 0.5) is 0 Å². The van der Waals surface area contributed by atoms with Crippen molar-refractivity contribution in [1.82, 2.24) is 14.8 Å². The highest BCUT2D eigenvalue weighted by atomic mass is 35.5. The van der Waals surface area contributed by atoms with Crippen LogP contribution in [0.2, 0.25) is 5.15 Å². The molecule has 6 heteroatoms. The van der Waals surface area contributed by atoms with E-state index in [0.717, 1.165) is 10.6 Å². The molecule has 0 saturated heterocycles. The van der Waals surface area contributed by atoms with Crippen molar-refractivity contribution in [3.63, 3.8) is 0 Å². The molecule has 0 aliphatic carbocycles. The van der Waals surface area contributed by atoms with Crippen LogP contribution in [-0.2, 0) is 12.5 Å². The number of rotatable bonds is 3. The van der Waals surface area contributed by atoms with Crippen molar-refractivity contribution in [3.05, 3.63) is 33.5 Å². The molecule has 0 spiro atoms. The fraction of sp³-hybridized carbons (Fsp3) is 0.400. The van der Waals surface area contributed by atoms with Gasteiger partial charge in [-0.25, -0.2) is 4.98 Å². The first kappa shape index (κ1) is 11.6. The Morgan fingerprint density at radius 1 is 1.62 bits per heavy atom. The Morgan fingerprint density at radius 3 is 2.81 bits per heavy atom. The molecule has 0 aliphatic rings. The third kappa shape index (κ3) is 1.86. The van der Waals surface area contributed by atoms with Gasteiger partial charge in [-0.05, 0) is 6.92 Å². The molecule has 0 fully saturated rings. The molecule has 2 heterocycles. The molecule has 86 valence electrons. The predicted octanol–water partition coefficient (Wildman–Crippen LogP) is 1.79. The molecule has 4 nitrogen and oxygen atoms in total. The fourth-order valence-electron chi connectivity index (χ4n) is 1.54. The number of nitrogens with zero attached hydrogens (tertiary/aromatic N) is 3. The smallest absolute Gasteiger partial charge is 0.140 e. The lowest BCUT2D eigenvalue weighted by atomic mass is 9.85. The summed E-state index contributed by atoms with van der Waals surface area (Å²) >= 11 is 7.38. The highest BCUT2D eigenvalue weighted by Crippen LogP contribution is 2.33. The molecule has 2 rings (SSSR count). The van der Waals surface area contributed by atoms with Gasteiger partial charge in [0, 0.05) is 30.7 Å². The number of hydrogen-bond donors (Lipinski definition) is 1. The summed E-state index contributed by atoms with van der Waals surface area (Å²) < 4.78 is 1.76. The van der Waals surface area contributed by atoms with Crippen LogP contribution in [0.15, 0.2) is 17.8 Å². The summed E-state index contributed by atoms with van der Waals surface area (Å²) in [4.78, 5) is 4.31. The van der Waals surface area contributed by atoms with Crippen LogP contribution in [-0.4, -0.2) is 21.3 Å². The summed E-state index contributed by atoms with van der Waals surface area (Å²) in [5.74, 6) is 0. The third-order valence-electron chi connectivity index (χ3n) is 2.70. The molecule has 0 saturated carbocycles. The molecule has 0 aromatic carbocycles. The molecule has 1 atom stereocenters. The molecule has 2 N–H and O–H groups in total. The lowest BCUT2D eigenvalue weighted by Gasteiger charge is -2.23. The number of thiazole rings is 1. The van der Waals surface area contributed by atoms with Crippen LogP contribution in [0.3, 0.4) is 0 Å². The number of aromatic nitrogens is 3. The highest BCUT2D eigenvalue weighted by molar-refractivity contribution is 7.10. The van der Waals surface area contributed by atoms with Crippen molar-refractivity contribution in [2.45, 2.75) is 12.3 Å². The standard InChI is InChI=1S/C10H13ClN4S/c1-10(6-12,7-3-13-15(2)4-7)9-14-8(11)5-16-9/h3-5H,6,12H2,1-2H3. The maximum atomic E-state index is 5.88. The average Bonchev–Trinajstić information content (AvgIpc) is 2.86. The molecular formula is C10H13ClN4S. The van der Waals surface area contributed by atoms with Crippen LogP contribution in [0.1, 0.15) is 17.5 Å². The second-order valence-corrected chi connectivity index (χ2v) is 5.16. The Labute approximate surface area is 103 Å². The maximum Gasteiger partial charge on any atom is 0.140 e. The van der Waals surface area contributed by atoms with E-state index in [-0.39, 0.29) is 5.41 Å². The average molecular weight is 257 g/mol. The van der Waals surface area contributed by atoms with Crippen LogP contribution in [0.5, 0.6) is 0 Å². The zero-order valence-electron chi connectivity index (χ0n) is 9.14. The monoisotopic (exact) mass is 256 g/mol. The van der Waals surface area contributed by atoms with Crippen molar-refractivity contribution in [1.29, 1.82) is 0 Å². The minimum Gasteiger partial charge on any atom is -0.329 e. The van der Waals surface area contributed by atoms with Gasteiger partial charge in [0.05, 0.1) is 11.6 Å². The molecular weight excluding hydrogens is 244 g/mol. The van der Waals surface area contributed by atoms with Gasteiger partial charge in [-0.1, -0.05) is 11.6 Å². The van der Waals surface area contributed by atoms with Crippen LogP contribution in [0, 0.1) is 0 Å². The third-order valence-corrected chi connectivity index (χ3v) is 4.13. The van der Waals surface area contributed by atoms with Crippen molar-refractivity contribution >= 4 is 22.9 Å². The van der Waals surface area contributed by atoms with E-state index in [1.807, 2.05) is 24.8 Å². The predicted molar refractivity (Wildman–Crippen MR) is 65.8 cm³/mol. The quantitative estimate of drug-likeness (QED) is 0.911. The van der Waals surface area contributed by atoms with Crippen molar-refractivity contribution in [2.24, 2.45) is 12.8 Å². The Balaban J connectivity index is 2.47. The minimum absolute atomic E-state index is 0.313. The Morgan fingerprint density at radius 2 is 2.38 bits per heavy atom. The van der Waals surface area contributed by atoms with E-state index in [1.54, 1.807) is 4.68 Å². The molecule has 2 aromatic rings. The van der Waals surface area contributed by atoms with Gasteiger partial charge < -0.3 is 5.73 Å². The SMILES string of the molecule is Cn1cc(C(C)(CN)c2nc(Cl)cs2)cn1. The summed E-state index contributed by atoms with van der Waals surface area (Å²) in [6, 6.07) is 0. The molecule has 16 heavy (non-hydrogen) atoms. The van der Waals surface area contributed by atoms with Gasteiger partial charge in [0.2, 0.25) is 0 Å². The van der Waals surface area contributed by atoms with Crippen molar-refractivity contribution < 1.29 is 0 Å². The van der Waals surface area contributed by atoms with E-state index in [0.29, 0.717) is 11.7 Å². The molecule has 2 aromatic heterocycles. The first-order valence-corrected chi connectivity index (χ1v) is 6.13. The number of aryl methyl sites for hydroxylation is 1. The first-order chi connectivity index (χ1) is 7.56. The van der Waals surface area contributed by atoms with Crippen molar-refractivity contribution in [3.8, 4) is 0 Å².